The molecule has 2 aliphatic heterocycles. The molecule has 4 heterocycles. The van der Waals surface area contributed by atoms with E-state index in [4.69, 9.17) is 4.74 Å². The number of fused-ring (bicyclic) bond motifs is 1. The average molecular weight is 384 g/mol. The summed E-state index contributed by atoms with van der Waals surface area (Å²) in [5.74, 6) is 0.629. The summed E-state index contributed by atoms with van der Waals surface area (Å²) in [5.41, 5.74) is 1.33. The SMILES string of the molecule is O=C1NC(=O)/C(=C/c2cnn3c(NC4CC4)nc(NC4CCOCC4)nc23)N1. The molecule has 5 rings (SSSR count). The van der Waals surface area contributed by atoms with Crippen LogP contribution in [0.5, 0.6) is 0 Å². The van der Waals surface area contributed by atoms with Gasteiger partial charge >= 0.3 is 6.03 Å². The van der Waals surface area contributed by atoms with Crippen LogP contribution in [0, 0.1) is 0 Å². The van der Waals surface area contributed by atoms with E-state index in [9.17, 15) is 9.59 Å². The summed E-state index contributed by atoms with van der Waals surface area (Å²) in [6, 6.07) is 0.0924. The second-order valence-electron chi connectivity index (χ2n) is 7.12. The fraction of sp³-hybridized carbons (Fsp3) is 0.471. The van der Waals surface area contributed by atoms with Crippen molar-refractivity contribution in [3.63, 3.8) is 0 Å². The maximum Gasteiger partial charge on any atom is 0.326 e. The number of ether oxygens (including phenoxy) is 1. The molecular weight excluding hydrogens is 364 g/mol. The molecule has 28 heavy (non-hydrogen) atoms. The highest BCUT2D eigenvalue weighted by molar-refractivity contribution is 6.14. The van der Waals surface area contributed by atoms with Crippen molar-refractivity contribution in [3.05, 3.63) is 17.5 Å². The zero-order valence-corrected chi connectivity index (χ0v) is 15.1. The molecule has 1 saturated carbocycles. The largest absolute Gasteiger partial charge is 0.381 e. The summed E-state index contributed by atoms with van der Waals surface area (Å²) in [7, 11) is 0. The molecule has 2 saturated heterocycles. The van der Waals surface area contributed by atoms with Gasteiger partial charge in [0.2, 0.25) is 11.9 Å². The predicted octanol–water partition coefficient (Wildman–Crippen LogP) is 0.470. The Balaban J connectivity index is 1.52. The zero-order chi connectivity index (χ0) is 19.1. The molecule has 3 amide bonds. The predicted molar refractivity (Wildman–Crippen MR) is 99.5 cm³/mol. The number of hydrogen-bond acceptors (Lipinski definition) is 8. The van der Waals surface area contributed by atoms with Crippen molar-refractivity contribution in [2.24, 2.45) is 0 Å². The molecule has 0 unspecified atom stereocenters. The first kappa shape index (κ1) is 16.9. The molecule has 11 nitrogen and oxygen atoms in total. The van der Waals surface area contributed by atoms with E-state index < -0.39 is 11.9 Å². The second-order valence-corrected chi connectivity index (χ2v) is 7.12. The fourth-order valence-corrected chi connectivity index (χ4v) is 3.23. The Hall–Kier alpha value is -3.21. The van der Waals surface area contributed by atoms with Crippen LogP contribution in [0.4, 0.5) is 16.7 Å². The third kappa shape index (κ3) is 3.36. The normalized spacial score (nSPS) is 21.8. The minimum absolute atomic E-state index is 0.161. The molecule has 0 radical (unpaired) electrons. The molecular formula is C17H20N8O3. The Morgan fingerprint density at radius 2 is 1.86 bits per heavy atom. The quantitative estimate of drug-likeness (QED) is 0.432. The lowest BCUT2D eigenvalue weighted by Gasteiger charge is -2.23. The van der Waals surface area contributed by atoms with Gasteiger partial charge in [-0.2, -0.15) is 19.6 Å². The Kier molecular flexibility index (Phi) is 4.08. The molecule has 3 fully saturated rings. The van der Waals surface area contributed by atoms with Crippen molar-refractivity contribution in [3.8, 4) is 0 Å². The maximum atomic E-state index is 11.8. The standard InChI is InChI=1S/C17H20N8O3/c26-14-12(21-17(27)23-14)7-9-8-18-25-13(9)22-15(19-11-3-5-28-6-4-11)24-16(25)20-10-1-2-10/h7-8,10-11H,1-6H2,(H2,19,20,22,24)(H2,21,23,26,27)/b12-7-. The number of imide groups is 1. The average Bonchev–Trinajstić information content (AvgIpc) is 3.32. The molecule has 0 atom stereocenters. The molecule has 2 aromatic rings. The number of urea groups is 1. The lowest BCUT2D eigenvalue weighted by atomic mass is 10.1. The van der Waals surface area contributed by atoms with Gasteiger partial charge in [0.05, 0.1) is 6.20 Å². The summed E-state index contributed by atoms with van der Waals surface area (Å²) in [6.45, 7) is 1.43. The monoisotopic (exact) mass is 384 g/mol. The van der Waals surface area contributed by atoms with E-state index in [1.54, 1.807) is 16.8 Å². The van der Waals surface area contributed by atoms with Crippen LogP contribution in [0.15, 0.2) is 11.9 Å². The lowest BCUT2D eigenvalue weighted by molar-refractivity contribution is -0.115. The van der Waals surface area contributed by atoms with Crippen LogP contribution in [0.3, 0.4) is 0 Å². The third-order valence-electron chi connectivity index (χ3n) is 4.88. The topological polar surface area (TPSA) is 135 Å². The van der Waals surface area contributed by atoms with Gasteiger partial charge in [0.1, 0.15) is 5.70 Å². The summed E-state index contributed by atoms with van der Waals surface area (Å²) < 4.78 is 7.02. The van der Waals surface area contributed by atoms with Crippen LogP contribution in [0.1, 0.15) is 31.2 Å². The molecule has 0 aromatic carbocycles. The maximum absolute atomic E-state index is 11.8. The van der Waals surface area contributed by atoms with Crippen molar-refractivity contribution in [2.75, 3.05) is 23.8 Å². The van der Waals surface area contributed by atoms with Crippen LogP contribution < -0.4 is 21.3 Å². The Morgan fingerprint density at radius 1 is 1.07 bits per heavy atom. The van der Waals surface area contributed by atoms with Crippen LogP contribution in [-0.4, -0.2) is 56.8 Å². The van der Waals surface area contributed by atoms with Gasteiger partial charge in [-0.15, -0.1) is 0 Å². The first-order valence-electron chi connectivity index (χ1n) is 9.36. The van der Waals surface area contributed by atoms with E-state index in [0.29, 0.717) is 42.4 Å². The van der Waals surface area contributed by atoms with Gasteiger partial charge in [-0.3, -0.25) is 10.1 Å². The van der Waals surface area contributed by atoms with Crippen molar-refractivity contribution >= 4 is 35.6 Å². The van der Waals surface area contributed by atoms with E-state index in [0.717, 1.165) is 25.7 Å². The van der Waals surface area contributed by atoms with E-state index >= 15 is 0 Å². The number of nitrogens with zero attached hydrogens (tertiary/aromatic N) is 4. The van der Waals surface area contributed by atoms with Gasteiger partial charge < -0.3 is 20.7 Å². The second kappa shape index (κ2) is 6.75. The number of carbonyl (C=O) groups is 2. The molecule has 2 aromatic heterocycles. The molecule has 4 N–H and O–H groups in total. The van der Waals surface area contributed by atoms with Crippen LogP contribution in [0.25, 0.3) is 11.7 Å². The number of anilines is 2. The van der Waals surface area contributed by atoms with Gasteiger partial charge in [0.25, 0.3) is 5.91 Å². The number of rotatable bonds is 5. The van der Waals surface area contributed by atoms with Gasteiger partial charge in [-0.05, 0) is 31.8 Å². The number of nitrogens with one attached hydrogen (secondary N) is 4. The van der Waals surface area contributed by atoms with Crippen molar-refractivity contribution < 1.29 is 14.3 Å². The highest BCUT2D eigenvalue weighted by Crippen LogP contribution is 2.26. The molecule has 11 heteroatoms. The first-order valence-corrected chi connectivity index (χ1v) is 9.36. The highest BCUT2D eigenvalue weighted by atomic mass is 16.5. The number of hydrogen-bond donors (Lipinski definition) is 4. The smallest absolute Gasteiger partial charge is 0.326 e. The highest BCUT2D eigenvalue weighted by Gasteiger charge is 2.26. The number of carbonyl (C=O) groups excluding carboxylic acids is 2. The van der Waals surface area contributed by atoms with Gasteiger partial charge in [-0.25, -0.2) is 4.79 Å². The van der Waals surface area contributed by atoms with Crippen molar-refractivity contribution in [1.29, 1.82) is 0 Å². The van der Waals surface area contributed by atoms with Gasteiger partial charge in [0, 0.05) is 30.9 Å². The lowest BCUT2D eigenvalue weighted by Crippen LogP contribution is -2.29. The third-order valence-corrected chi connectivity index (χ3v) is 4.88. The van der Waals surface area contributed by atoms with E-state index in [2.05, 4.69) is 36.3 Å². The van der Waals surface area contributed by atoms with Crippen LogP contribution in [0.2, 0.25) is 0 Å². The van der Waals surface area contributed by atoms with Crippen molar-refractivity contribution in [2.45, 2.75) is 37.8 Å². The molecule has 3 aliphatic rings. The number of amides is 3. The molecule has 0 bridgehead atoms. The summed E-state index contributed by atoms with van der Waals surface area (Å²) >= 11 is 0. The zero-order valence-electron chi connectivity index (χ0n) is 15.1. The number of aromatic nitrogens is 4. The minimum Gasteiger partial charge on any atom is -0.381 e. The first-order chi connectivity index (χ1) is 13.7. The van der Waals surface area contributed by atoms with E-state index in [1.807, 2.05) is 0 Å². The Morgan fingerprint density at radius 3 is 2.57 bits per heavy atom. The Bertz CT molecular complexity index is 974. The van der Waals surface area contributed by atoms with Crippen molar-refractivity contribution in [1.82, 2.24) is 30.2 Å². The molecule has 0 spiro atoms. The van der Waals surface area contributed by atoms with E-state index in [1.165, 1.54) is 0 Å². The van der Waals surface area contributed by atoms with E-state index in [-0.39, 0.29) is 11.7 Å². The molecule has 146 valence electrons. The van der Waals surface area contributed by atoms with Crippen LogP contribution in [-0.2, 0) is 9.53 Å². The summed E-state index contributed by atoms with van der Waals surface area (Å²) in [4.78, 5) is 32.4. The van der Waals surface area contributed by atoms with Crippen LogP contribution >= 0.6 is 0 Å². The van der Waals surface area contributed by atoms with Gasteiger partial charge in [0.15, 0.2) is 5.65 Å². The Labute approximate surface area is 159 Å². The van der Waals surface area contributed by atoms with Gasteiger partial charge in [-0.1, -0.05) is 0 Å². The molecule has 1 aliphatic carbocycles. The fourth-order valence-electron chi connectivity index (χ4n) is 3.23. The summed E-state index contributed by atoms with van der Waals surface area (Å²) in [6.07, 6.45) is 7.14. The summed E-state index contributed by atoms with van der Waals surface area (Å²) in [5, 5.41) is 15.8. The minimum atomic E-state index is -0.541.